The van der Waals surface area contributed by atoms with Gasteiger partial charge in [0.2, 0.25) is 5.90 Å². The summed E-state index contributed by atoms with van der Waals surface area (Å²) in [5, 5.41) is 0. The fraction of sp³-hybridized carbons (Fsp3) is 0. The summed E-state index contributed by atoms with van der Waals surface area (Å²) in [6.07, 6.45) is 2.98. The number of carbonyl (C=O) groups is 1. The number of esters is 1. The quantitative estimate of drug-likeness (QED) is 0.614. The smallest absolute Gasteiger partial charge is 0.363 e. The van der Waals surface area contributed by atoms with E-state index in [-0.39, 0.29) is 17.4 Å². The van der Waals surface area contributed by atoms with Gasteiger partial charge in [0.15, 0.2) is 5.70 Å². The van der Waals surface area contributed by atoms with E-state index in [1.54, 1.807) is 12.1 Å². The summed E-state index contributed by atoms with van der Waals surface area (Å²) in [5.41, 5.74) is 0.687. The molecule has 2 heterocycles. The Kier molecular flexibility index (Phi) is 2.72. The lowest BCUT2D eigenvalue weighted by Crippen LogP contribution is -2.05. The molecule has 1 aromatic heterocycles. The van der Waals surface area contributed by atoms with Crippen LogP contribution in [0.5, 0.6) is 0 Å². The van der Waals surface area contributed by atoms with Crippen LogP contribution in [0.15, 0.2) is 57.8 Å². The van der Waals surface area contributed by atoms with E-state index in [0.29, 0.717) is 11.3 Å². The molecule has 0 unspecified atom stereocenters. The van der Waals surface area contributed by atoms with E-state index in [1.807, 2.05) is 0 Å². The summed E-state index contributed by atoms with van der Waals surface area (Å²) < 4.78 is 22.9. The summed E-state index contributed by atoms with van der Waals surface area (Å²) in [4.78, 5) is 15.7. The number of furan rings is 1. The van der Waals surface area contributed by atoms with Gasteiger partial charge in [0.25, 0.3) is 0 Å². The zero-order chi connectivity index (χ0) is 13.2. The van der Waals surface area contributed by atoms with E-state index >= 15 is 0 Å². The Morgan fingerprint density at radius 1 is 1.16 bits per heavy atom. The van der Waals surface area contributed by atoms with Gasteiger partial charge in [-0.15, -0.1) is 0 Å². The van der Waals surface area contributed by atoms with Gasteiger partial charge in [0, 0.05) is 11.6 Å². The molecular weight excluding hydrogens is 249 g/mol. The number of hydrogen-bond donors (Lipinski definition) is 0. The van der Waals surface area contributed by atoms with Gasteiger partial charge in [-0.3, -0.25) is 0 Å². The Hall–Kier alpha value is -2.69. The average molecular weight is 257 g/mol. The Morgan fingerprint density at radius 2 is 1.95 bits per heavy atom. The predicted molar refractivity (Wildman–Crippen MR) is 65.7 cm³/mol. The van der Waals surface area contributed by atoms with Crippen molar-refractivity contribution in [2.75, 3.05) is 0 Å². The molecule has 0 amide bonds. The van der Waals surface area contributed by atoms with Crippen molar-refractivity contribution in [3.8, 4) is 0 Å². The van der Waals surface area contributed by atoms with Crippen LogP contribution >= 0.6 is 0 Å². The molecule has 0 N–H and O–H groups in total. The van der Waals surface area contributed by atoms with E-state index in [2.05, 4.69) is 4.99 Å². The molecule has 3 rings (SSSR count). The first-order valence-electron chi connectivity index (χ1n) is 5.54. The maximum atomic E-state index is 12.8. The molecule has 4 nitrogen and oxygen atoms in total. The van der Waals surface area contributed by atoms with Crippen molar-refractivity contribution >= 4 is 17.9 Å². The summed E-state index contributed by atoms with van der Waals surface area (Å²) >= 11 is 0. The molecule has 0 spiro atoms. The van der Waals surface area contributed by atoms with E-state index in [9.17, 15) is 9.18 Å². The Balaban J connectivity index is 1.93. The first-order valence-corrected chi connectivity index (χ1v) is 5.54. The van der Waals surface area contributed by atoms with Crippen LogP contribution in [0, 0.1) is 5.82 Å². The van der Waals surface area contributed by atoms with Crippen molar-refractivity contribution in [1.82, 2.24) is 0 Å². The fourth-order valence-corrected chi connectivity index (χ4v) is 1.63. The highest BCUT2D eigenvalue weighted by Crippen LogP contribution is 2.19. The third-order valence-electron chi connectivity index (χ3n) is 2.53. The predicted octanol–water partition coefficient (Wildman–Crippen LogP) is 2.76. The highest BCUT2D eigenvalue weighted by Gasteiger charge is 2.24. The molecule has 0 radical (unpaired) electrons. The summed E-state index contributed by atoms with van der Waals surface area (Å²) in [7, 11) is 0. The Bertz CT molecular complexity index is 669. The standard InChI is InChI=1S/C14H8FNO3/c15-10-5-3-9(4-6-10)13-16-12(14(17)19-13)8-11-2-1-7-18-11/h1-8H. The van der Waals surface area contributed by atoms with Crippen LogP contribution in [0.1, 0.15) is 11.3 Å². The molecule has 0 aliphatic carbocycles. The lowest BCUT2D eigenvalue weighted by Gasteiger charge is -1.98. The molecule has 94 valence electrons. The summed E-state index contributed by atoms with van der Waals surface area (Å²) in [6, 6.07) is 8.96. The monoisotopic (exact) mass is 257 g/mol. The van der Waals surface area contributed by atoms with E-state index < -0.39 is 5.97 Å². The Labute approximate surface area is 107 Å². The molecule has 0 fully saturated rings. The van der Waals surface area contributed by atoms with Gasteiger partial charge in [-0.2, -0.15) is 0 Å². The van der Waals surface area contributed by atoms with Crippen molar-refractivity contribution in [2.45, 2.75) is 0 Å². The molecule has 0 saturated heterocycles. The van der Waals surface area contributed by atoms with Crippen molar-refractivity contribution < 1.29 is 18.3 Å². The van der Waals surface area contributed by atoms with Crippen LogP contribution in [0.25, 0.3) is 6.08 Å². The second-order valence-electron chi connectivity index (χ2n) is 3.86. The molecule has 0 saturated carbocycles. The third kappa shape index (κ3) is 2.30. The zero-order valence-corrected chi connectivity index (χ0v) is 9.67. The van der Waals surface area contributed by atoms with Crippen LogP contribution in [-0.4, -0.2) is 11.9 Å². The average Bonchev–Trinajstić information content (AvgIpc) is 3.02. The van der Waals surface area contributed by atoms with Crippen molar-refractivity contribution in [2.24, 2.45) is 4.99 Å². The minimum absolute atomic E-state index is 0.147. The van der Waals surface area contributed by atoms with E-state index in [4.69, 9.17) is 9.15 Å². The first kappa shape index (κ1) is 11.4. The van der Waals surface area contributed by atoms with Gasteiger partial charge in [0.05, 0.1) is 6.26 Å². The van der Waals surface area contributed by atoms with Crippen molar-refractivity contribution in [1.29, 1.82) is 0 Å². The number of aliphatic imine (C=N–C) groups is 1. The molecule has 1 aliphatic rings. The van der Waals surface area contributed by atoms with Crippen LogP contribution in [0.4, 0.5) is 4.39 Å². The number of hydrogen-bond acceptors (Lipinski definition) is 4. The van der Waals surface area contributed by atoms with E-state index in [1.165, 1.54) is 36.6 Å². The second-order valence-corrected chi connectivity index (χ2v) is 3.86. The number of benzene rings is 1. The lowest BCUT2D eigenvalue weighted by molar-refractivity contribution is -0.129. The van der Waals surface area contributed by atoms with Gasteiger partial charge in [0.1, 0.15) is 11.6 Å². The number of ether oxygens (including phenoxy) is 1. The van der Waals surface area contributed by atoms with E-state index in [0.717, 1.165) is 0 Å². The van der Waals surface area contributed by atoms with Crippen LogP contribution in [0.3, 0.4) is 0 Å². The molecule has 19 heavy (non-hydrogen) atoms. The van der Waals surface area contributed by atoms with Gasteiger partial charge >= 0.3 is 5.97 Å². The van der Waals surface area contributed by atoms with Gasteiger partial charge in [-0.05, 0) is 36.4 Å². The number of halogens is 1. The van der Waals surface area contributed by atoms with Crippen molar-refractivity contribution in [3.63, 3.8) is 0 Å². The fourth-order valence-electron chi connectivity index (χ4n) is 1.63. The van der Waals surface area contributed by atoms with Gasteiger partial charge in [-0.25, -0.2) is 14.2 Å². The largest absolute Gasteiger partial charge is 0.465 e. The first-order chi connectivity index (χ1) is 9.22. The molecule has 5 heteroatoms. The minimum atomic E-state index is -0.560. The second kappa shape index (κ2) is 4.53. The third-order valence-corrected chi connectivity index (χ3v) is 2.53. The Morgan fingerprint density at radius 3 is 2.63 bits per heavy atom. The molecule has 1 aromatic carbocycles. The molecular formula is C14H8FNO3. The number of nitrogens with zero attached hydrogens (tertiary/aromatic N) is 1. The maximum Gasteiger partial charge on any atom is 0.363 e. The van der Waals surface area contributed by atoms with Crippen LogP contribution in [0.2, 0.25) is 0 Å². The van der Waals surface area contributed by atoms with Gasteiger partial charge < -0.3 is 9.15 Å². The highest BCUT2D eigenvalue weighted by molar-refractivity contribution is 6.12. The molecule has 1 aliphatic heterocycles. The number of rotatable bonds is 2. The number of carbonyl (C=O) groups excluding carboxylic acids is 1. The minimum Gasteiger partial charge on any atom is -0.465 e. The molecule has 0 atom stereocenters. The van der Waals surface area contributed by atoms with Crippen LogP contribution < -0.4 is 0 Å². The maximum absolute atomic E-state index is 12.8. The summed E-state index contributed by atoms with van der Waals surface area (Å²) in [6.45, 7) is 0. The van der Waals surface area contributed by atoms with Crippen molar-refractivity contribution in [3.05, 3.63) is 65.5 Å². The highest BCUT2D eigenvalue weighted by atomic mass is 19.1. The topological polar surface area (TPSA) is 51.8 Å². The molecule has 2 aromatic rings. The molecule has 0 bridgehead atoms. The lowest BCUT2D eigenvalue weighted by atomic mass is 10.2. The van der Waals surface area contributed by atoms with Crippen LogP contribution in [-0.2, 0) is 9.53 Å². The zero-order valence-electron chi connectivity index (χ0n) is 9.67. The SMILES string of the molecule is O=C1OC(c2ccc(F)cc2)=NC1=Cc1ccco1. The van der Waals surface area contributed by atoms with Gasteiger partial charge in [-0.1, -0.05) is 0 Å². The number of cyclic esters (lactones) is 1. The normalized spacial score (nSPS) is 16.6. The summed E-state index contributed by atoms with van der Waals surface area (Å²) in [5.74, 6) is -0.255.